The van der Waals surface area contributed by atoms with Crippen molar-refractivity contribution < 1.29 is 4.79 Å². The number of rotatable bonds is 7. The summed E-state index contributed by atoms with van der Waals surface area (Å²) in [6.45, 7) is 1.66. The monoisotopic (exact) mass is 307 g/mol. The molecule has 2 aromatic carbocycles. The van der Waals surface area contributed by atoms with Crippen molar-refractivity contribution in [2.24, 2.45) is 0 Å². The van der Waals surface area contributed by atoms with Gasteiger partial charge in [0.25, 0.3) is 0 Å². The van der Waals surface area contributed by atoms with Crippen LogP contribution in [0.25, 0.3) is 6.08 Å². The van der Waals surface area contributed by atoms with Gasteiger partial charge in [-0.15, -0.1) is 0 Å². The summed E-state index contributed by atoms with van der Waals surface area (Å²) in [5, 5.41) is 0. The Morgan fingerprint density at radius 1 is 1.04 bits per heavy atom. The Balaban J connectivity index is 2.19. The average Bonchev–Trinajstić information content (AvgIpc) is 2.56. The molecule has 1 unspecified atom stereocenters. The second kappa shape index (κ2) is 8.33. The van der Waals surface area contributed by atoms with Crippen molar-refractivity contribution in [2.75, 3.05) is 19.0 Å². The van der Waals surface area contributed by atoms with Crippen LogP contribution in [-0.4, -0.2) is 19.9 Å². The van der Waals surface area contributed by atoms with Crippen LogP contribution in [0.5, 0.6) is 0 Å². The van der Waals surface area contributed by atoms with Crippen molar-refractivity contribution in [1.82, 2.24) is 0 Å². The molecule has 0 amide bonds. The Hall–Kier alpha value is -2.35. The predicted molar refractivity (Wildman–Crippen MR) is 98.9 cm³/mol. The van der Waals surface area contributed by atoms with Crippen LogP contribution in [0.3, 0.4) is 0 Å². The van der Waals surface area contributed by atoms with Crippen molar-refractivity contribution in [3.63, 3.8) is 0 Å². The molecule has 0 saturated heterocycles. The largest absolute Gasteiger partial charge is 0.378 e. The third-order valence-corrected chi connectivity index (χ3v) is 3.97. The molecule has 0 aromatic heterocycles. The molecule has 120 valence electrons. The lowest BCUT2D eigenvalue weighted by molar-refractivity contribution is -0.117. The van der Waals surface area contributed by atoms with E-state index in [2.05, 4.69) is 53.5 Å². The summed E-state index contributed by atoms with van der Waals surface area (Å²) in [7, 11) is 4.08. The molecule has 1 atom stereocenters. The molecule has 0 bridgehead atoms. The SMILES string of the molecule is CC(=O)CCC(/C=C/c1ccccc1)c1ccc(N(C)C)cc1. The highest BCUT2D eigenvalue weighted by Gasteiger charge is 2.10. The van der Waals surface area contributed by atoms with Crippen LogP contribution in [0.15, 0.2) is 60.7 Å². The van der Waals surface area contributed by atoms with Gasteiger partial charge in [-0.2, -0.15) is 0 Å². The molecule has 0 spiro atoms. The van der Waals surface area contributed by atoms with E-state index in [1.807, 2.05) is 32.3 Å². The highest BCUT2D eigenvalue weighted by molar-refractivity contribution is 5.75. The number of nitrogens with zero attached hydrogens (tertiary/aromatic N) is 1. The van der Waals surface area contributed by atoms with E-state index in [-0.39, 0.29) is 11.7 Å². The molecule has 23 heavy (non-hydrogen) atoms. The fourth-order valence-corrected chi connectivity index (χ4v) is 2.54. The molecule has 0 heterocycles. The number of hydrogen-bond donors (Lipinski definition) is 0. The van der Waals surface area contributed by atoms with E-state index in [0.717, 1.165) is 6.42 Å². The van der Waals surface area contributed by atoms with E-state index in [4.69, 9.17) is 0 Å². The van der Waals surface area contributed by atoms with Gasteiger partial charge in [-0.1, -0.05) is 54.6 Å². The second-order valence-corrected chi connectivity index (χ2v) is 6.10. The first-order chi connectivity index (χ1) is 11.1. The molecule has 2 rings (SSSR count). The lowest BCUT2D eigenvalue weighted by Gasteiger charge is -2.16. The van der Waals surface area contributed by atoms with Crippen molar-refractivity contribution >= 4 is 17.5 Å². The minimum absolute atomic E-state index is 0.244. The lowest BCUT2D eigenvalue weighted by atomic mass is 9.92. The van der Waals surface area contributed by atoms with Crippen molar-refractivity contribution in [3.8, 4) is 0 Å². The molecule has 0 N–H and O–H groups in total. The summed E-state index contributed by atoms with van der Waals surface area (Å²) >= 11 is 0. The minimum Gasteiger partial charge on any atom is -0.378 e. The molecule has 0 aliphatic rings. The highest BCUT2D eigenvalue weighted by atomic mass is 16.1. The summed E-state index contributed by atoms with van der Waals surface area (Å²) in [4.78, 5) is 13.5. The van der Waals surface area contributed by atoms with Gasteiger partial charge in [-0.25, -0.2) is 0 Å². The molecular weight excluding hydrogens is 282 g/mol. The van der Waals surface area contributed by atoms with Crippen molar-refractivity contribution in [2.45, 2.75) is 25.7 Å². The van der Waals surface area contributed by atoms with Crippen LogP contribution in [0.4, 0.5) is 5.69 Å². The van der Waals surface area contributed by atoms with E-state index in [9.17, 15) is 4.79 Å². The first-order valence-corrected chi connectivity index (χ1v) is 8.06. The van der Waals surface area contributed by atoms with Crippen LogP contribution in [0.1, 0.15) is 36.8 Å². The predicted octanol–water partition coefficient (Wildman–Crippen LogP) is 4.92. The number of ketones is 1. The van der Waals surface area contributed by atoms with Gasteiger partial charge in [-0.3, -0.25) is 0 Å². The molecule has 0 aliphatic heterocycles. The number of carbonyl (C=O) groups excluding carboxylic acids is 1. The fourth-order valence-electron chi connectivity index (χ4n) is 2.54. The number of anilines is 1. The quantitative estimate of drug-likeness (QED) is 0.723. The van der Waals surface area contributed by atoms with Gasteiger partial charge in [0.05, 0.1) is 0 Å². The van der Waals surface area contributed by atoms with Gasteiger partial charge >= 0.3 is 0 Å². The second-order valence-electron chi connectivity index (χ2n) is 6.10. The average molecular weight is 307 g/mol. The molecular formula is C21H25NO. The van der Waals surface area contributed by atoms with E-state index in [1.165, 1.54) is 16.8 Å². The van der Waals surface area contributed by atoms with Gasteiger partial charge < -0.3 is 9.69 Å². The molecule has 0 aliphatic carbocycles. The fraction of sp³-hybridized carbons (Fsp3) is 0.286. The van der Waals surface area contributed by atoms with Crippen molar-refractivity contribution in [3.05, 3.63) is 71.8 Å². The first-order valence-electron chi connectivity index (χ1n) is 8.06. The first kappa shape index (κ1) is 17.0. The lowest BCUT2D eigenvalue weighted by Crippen LogP contribution is -2.08. The summed E-state index contributed by atoms with van der Waals surface area (Å²) in [5.74, 6) is 0.503. The number of benzene rings is 2. The molecule has 2 nitrogen and oxygen atoms in total. The molecule has 0 saturated carbocycles. The summed E-state index contributed by atoms with van der Waals surface area (Å²) in [6.07, 6.45) is 5.81. The Kier molecular flexibility index (Phi) is 6.16. The van der Waals surface area contributed by atoms with Crippen LogP contribution < -0.4 is 4.90 Å². The zero-order valence-electron chi connectivity index (χ0n) is 14.2. The van der Waals surface area contributed by atoms with Gasteiger partial charge in [0.1, 0.15) is 5.78 Å². The van der Waals surface area contributed by atoms with Crippen molar-refractivity contribution in [1.29, 1.82) is 0 Å². The van der Waals surface area contributed by atoms with Crippen LogP contribution in [0.2, 0.25) is 0 Å². The molecule has 2 aromatic rings. The number of Topliss-reactive ketones (excluding diaryl/α,β-unsaturated/α-hetero) is 1. The third-order valence-electron chi connectivity index (χ3n) is 3.97. The molecule has 0 fully saturated rings. The third kappa shape index (κ3) is 5.41. The molecule has 2 heteroatoms. The maximum Gasteiger partial charge on any atom is 0.129 e. The van der Waals surface area contributed by atoms with Crippen LogP contribution in [-0.2, 0) is 4.79 Å². The maximum atomic E-state index is 11.4. The topological polar surface area (TPSA) is 20.3 Å². The van der Waals surface area contributed by atoms with Gasteiger partial charge in [-0.05, 0) is 36.6 Å². The number of hydrogen-bond acceptors (Lipinski definition) is 2. The molecule has 0 radical (unpaired) electrons. The van der Waals surface area contributed by atoms with Crippen LogP contribution in [0, 0.1) is 0 Å². The van der Waals surface area contributed by atoms with E-state index >= 15 is 0 Å². The van der Waals surface area contributed by atoms with E-state index in [1.54, 1.807) is 6.92 Å². The summed E-state index contributed by atoms with van der Waals surface area (Å²) < 4.78 is 0. The summed E-state index contributed by atoms with van der Waals surface area (Å²) in [5.41, 5.74) is 3.63. The zero-order chi connectivity index (χ0) is 16.7. The van der Waals surface area contributed by atoms with E-state index in [0.29, 0.717) is 6.42 Å². The number of allylic oxidation sites excluding steroid dienone is 1. The van der Waals surface area contributed by atoms with Gasteiger partial charge in [0, 0.05) is 32.1 Å². The zero-order valence-corrected chi connectivity index (χ0v) is 14.2. The summed E-state index contributed by atoms with van der Waals surface area (Å²) in [6, 6.07) is 18.9. The Morgan fingerprint density at radius 3 is 2.26 bits per heavy atom. The minimum atomic E-state index is 0.244. The normalized spacial score (nSPS) is 12.3. The standard InChI is InChI=1S/C21H25NO/c1-17(23)9-11-19(12-10-18-7-5-4-6-8-18)20-13-15-21(16-14-20)22(2)3/h4-8,10,12-16,19H,9,11H2,1-3H3/b12-10+. The maximum absolute atomic E-state index is 11.4. The Labute approximate surface area is 139 Å². The number of carbonyl (C=O) groups is 1. The smallest absolute Gasteiger partial charge is 0.129 e. The Bertz CT molecular complexity index is 641. The van der Waals surface area contributed by atoms with E-state index < -0.39 is 0 Å². The van der Waals surface area contributed by atoms with Crippen LogP contribution >= 0.6 is 0 Å². The Morgan fingerprint density at radius 2 is 1.70 bits per heavy atom. The highest BCUT2D eigenvalue weighted by Crippen LogP contribution is 2.26. The van der Waals surface area contributed by atoms with Gasteiger partial charge in [0.15, 0.2) is 0 Å². The van der Waals surface area contributed by atoms with Gasteiger partial charge in [0.2, 0.25) is 0 Å².